The van der Waals surface area contributed by atoms with Crippen LogP contribution in [-0.4, -0.2) is 18.8 Å². The zero-order valence-electron chi connectivity index (χ0n) is 16.4. The van der Waals surface area contributed by atoms with E-state index < -0.39 is 8.07 Å². The van der Waals surface area contributed by atoms with Gasteiger partial charge in [0.05, 0.1) is 14.0 Å². The van der Waals surface area contributed by atoms with Gasteiger partial charge in [-0.05, 0) is 23.2 Å². The molecule has 0 spiro atoms. The summed E-state index contributed by atoms with van der Waals surface area (Å²) in [5, 5.41) is 1.32. The summed E-state index contributed by atoms with van der Waals surface area (Å²) in [4.78, 5) is 18.7. The molecule has 0 aliphatic carbocycles. The molecule has 0 fully saturated rings. The number of pyridine rings is 1. The van der Waals surface area contributed by atoms with Crippen molar-refractivity contribution in [3.8, 4) is 0 Å². The van der Waals surface area contributed by atoms with E-state index in [1.165, 1.54) is 15.5 Å². The van der Waals surface area contributed by atoms with Gasteiger partial charge in [-0.3, -0.25) is 0 Å². The highest BCUT2D eigenvalue weighted by Gasteiger charge is 2.41. The average molecular weight is 408 g/mol. The molecule has 144 valence electrons. The Balaban J connectivity index is 1.98. The number of hydrogen-bond donors (Lipinski definition) is 0. The van der Waals surface area contributed by atoms with Crippen LogP contribution < -0.4 is 10.0 Å². The first kappa shape index (κ1) is 20.2. The molecule has 3 nitrogen and oxygen atoms in total. The van der Waals surface area contributed by atoms with Crippen molar-refractivity contribution in [1.29, 1.82) is 0 Å². The van der Waals surface area contributed by atoms with Crippen molar-refractivity contribution in [1.82, 2.24) is 4.73 Å². The Morgan fingerprint density at radius 3 is 2.11 bits per heavy atom. The zero-order chi connectivity index (χ0) is 20.1. The second kappa shape index (κ2) is 8.67. The van der Waals surface area contributed by atoms with Gasteiger partial charge >= 0.3 is 5.97 Å². The SMILES string of the molecule is C[C@H](C(=O)On1ccccc1=S)[C@H](c1ccccc1)[Si](C)(C)c1ccccc1. The molecular weight excluding hydrogens is 382 g/mol. The highest BCUT2D eigenvalue weighted by atomic mass is 32.1. The molecule has 0 aliphatic heterocycles. The zero-order valence-corrected chi connectivity index (χ0v) is 18.2. The molecular formula is C23H25NO2SSi. The third-order valence-corrected chi connectivity index (χ3v) is 9.83. The quantitative estimate of drug-likeness (QED) is 0.437. The van der Waals surface area contributed by atoms with Gasteiger partial charge in [-0.1, -0.05) is 104 Å². The standard InChI is InChI=1S/C23H25NO2SSi/c1-18(23(25)26-24-17-11-10-16-21(24)27)22(19-12-6-4-7-13-19)28(2,3)20-14-8-5-9-15-20/h4-18,22H,1-3H3/t18-,22+/m0/s1. The molecule has 0 saturated carbocycles. The average Bonchev–Trinajstić information content (AvgIpc) is 2.71. The van der Waals surface area contributed by atoms with Gasteiger partial charge in [0, 0.05) is 6.20 Å². The summed E-state index contributed by atoms with van der Waals surface area (Å²) >= 11 is 5.26. The number of hydrogen-bond acceptors (Lipinski definition) is 3. The summed E-state index contributed by atoms with van der Waals surface area (Å²) in [5.41, 5.74) is 1.24. The predicted molar refractivity (Wildman–Crippen MR) is 119 cm³/mol. The summed E-state index contributed by atoms with van der Waals surface area (Å²) in [6.45, 7) is 6.60. The highest BCUT2D eigenvalue weighted by Crippen LogP contribution is 2.34. The fourth-order valence-corrected chi connectivity index (χ4v) is 7.84. The van der Waals surface area contributed by atoms with Crippen molar-refractivity contribution in [3.05, 3.63) is 95.3 Å². The normalized spacial score (nSPS) is 13.5. The van der Waals surface area contributed by atoms with E-state index in [0.29, 0.717) is 4.64 Å². The van der Waals surface area contributed by atoms with Gasteiger partial charge in [-0.15, -0.1) is 0 Å². The van der Waals surface area contributed by atoms with E-state index in [0.717, 1.165) is 0 Å². The topological polar surface area (TPSA) is 31.2 Å². The molecule has 0 bridgehead atoms. The van der Waals surface area contributed by atoms with Gasteiger partial charge < -0.3 is 4.84 Å². The molecule has 0 aliphatic rings. The largest absolute Gasteiger partial charge is 0.336 e. The van der Waals surface area contributed by atoms with E-state index in [-0.39, 0.29) is 17.4 Å². The lowest BCUT2D eigenvalue weighted by Gasteiger charge is -2.36. The monoisotopic (exact) mass is 407 g/mol. The van der Waals surface area contributed by atoms with Crippen molar-refractivity contribution >= 4 is 31.4 Å². The minimum atomic E-state index is -2.04. The van der Waals surface area contributed by atoms with Crippen molar-refractivity contribution in [2.24, 2.45) is 5.92 Å². The minimum Gasteiger partial charge on any atom is -0.335 e. The Kier molecular flexibility index (Phi) is 6.27. The Labute approximate surface area is 172 Å². The van der Waals surface area contributed by atoms with E-state index in [1.54, 1.807) is 18.3 Å². The maximum Gasteiger partial charge on any atom is 0.336 e. The Morgan fingerprint density at radius 1 is 0.929 bits per heavy atom. The van der Waals surface area contributed by atoms with Crippen LogP contribution in [0.25, 0.3) is 0 Å². The van der Waals surface area contributed by atoms with E-state index in [2.05, 4.69) is 49.5 Å². The van der Waals surface area contributed by atoms with Crippen LogP contribution in [0, 0.1) is 10.6 Å². The second-order valence-corrected chi connectivity index (χ2v) is 12.6. The van der Waals surface area contributed by atoms with Gasteiger partial charge in [-0.25, -0.2) is 4.79 Å². The number of benzene rings is 2. The van der Waals surface area contributed by atoms with Crippen LogP contribution in [0.15, 0.2) is 85.1 Å². The van der Waals surface area contributed by atoms with Crippen molar-refractivity contribution in [3.63, 3.8) is 0 Å². The highest BCUT2D eigenvalue weighted by molar-refractivity contribution is 7.71. The lowest BCUT2D eigenvalue weighted by Crippen LogP contribution is -2.51. The number of rotatable bonds is 6. The van der Waals surface area contributed by atoms with Gasteiger partial charge in [0.1, 0.15) is 4.64 Å². The van der Waals surface area contributed by atoms with Crippen LogP contribution in [-0.2, 0) is 4.79 Å². The Hall–Kier alpha value is -2.50. The van der Waals surface area contributed by atoms with Gasteiger partial charge in [0.15, 0.2) is 0 Å². The van der Waals surface area contributed by atoms with Crippen LogP contribution in [0.5, 0.6) is 0 Å². The van der Waals surface area contributed by atoms with Gasteiger partial charge in [0.25, 0.3) is 0 Å². The molecule has 0 unspecified atom stereocenters. The first-order valence-corrected chi connectivity index (χ1v) is 12.9. The summed E-state index contributed by atoms with van der Waals surface area (Å²) in [6, 6.07) is 26.2. The molecule has 0 radical (unpaired) electrons. The number of nitrogens with zero attached hydrogens (tertiary/aromatic N) is 1. The predicted octanol–water partition coefficient (Wildman–Crippen LogP) is 4.75. The van der Waals surface area contributed by atoms with E-state index in [1.807, 2.05) is 37.3 Å². The smallest absolute Gasteiger partial charge is 0.335 e. The number of carbonyl (C=O) groups is 1. The molecule has 3 aromatic rings. The molecule has 5 heteroatoms. The molecule has 0 saturated heterocycles. The van der Waals surface area contributed by atoms with Crippen LogP contribution in [0.3, 0.4) is 0 Å². The number of aromatic nitrogens is 1. The minimum absolute atomic E-state index is 0.0708. The Bertz CT molecular complexity index is 986. The molecule has 28 heavy (non-hydrogen) atoms. The lowest BCUT2D eigenvalue weighted by atomic mass is 10.0. The third kappa shape index (κ3) is 4.32. The van der Waals surface area contributed by atoms with Crippen LogP contribution in [0.2, 0.25) is 13.1 Å². The van der Waals surface area contributed by atoms with Crippen molar-refractivity contribution < 1.29 is 9.63 Å². The van der Waals surface area contributed by atoms with Crippen LogP contribution >= 0.6 is 12.2 Å². The first-order chi connectivity index (χ1) is 13.4. The molecule has 2 aromatic carbocycles. The molecule has 0 amide bonds. The summed E-state index contributed by atoms with van der Waals surface area (Å²) in [5.74, 6) is -0.584. The first-order valence-electron chi connectivity index (χ1n) is 9.41. The summed E-state index contributed by atoms with van der Waals surface area (Å²) in [6.07, 6.45) is 1.67. The Morgan fingerprint density at radius 2 is 1.50 bits per heavy atom. The molecule has 0 N–H and O–H groups in total. The van der Waals surface area contributed by atoms with Gasteiger partial charge in [0.2, 0.25) is 0 Å². The fraction of sp³-hybridized carbons (Fsp3) is 0.217. The third-order valence-electron chi connectivity index (χ3n) is 5.30. The van der Waals surface area contributed by atoms with E-state index in [9.17, 15) is 4.79 Å². The van der Waals surface area contributed by atoms with Crippen molar-refractivity contribution in [2.45, 2.75) is 25.6 Å². The van der Waals surface area contributed by atoms with Crippen LogP contribution in [0.4, 0.5) is 0 Å². The second-order valence-electron chi connectivity index (χ2n) is 7.54. The summed E-state index contributed by atoms with van der Waals surface area (Å²) in [7, 11) is -2.04. The van der Waals surface area contributed by atoms with E-state index >= 15 is 0 Å². The molecule has 1 heterocycles. The van der Waals surface area contributed by atoms with Crippen molar-refractivity contribution in [2.75, 3.05) is 0 Å². The molecule has 3 rings (SSSR count). The maximum absolute atomic E-state index is 13.1. The van der Waals surface area contributed by atoms with Crippen LogP contribution in [0.1, 0.15) is 18.0 Å². The summed E-state index contributed by atoms with van der Waals surface area (Å²) < 4.78 is 1.84. The molecule has 1 aromatic heterocycles. The fourth-order valence-electron chi connectivity index (χ4n) is 3.84. The molecule has 2 atom stereocenters. The maximum atomic E-state index is 13.1. The van der Waals surface area contributed by atoms with E-state index in [4.69, 9.17) is 17.1 Å². The van der Waals surface area contributed by atoms with Gasteiger partial charge in [-0.2, -0.15) is 4.73 Å². The number of carbonyl (C=O) groups excluding carboxylic acids is 1. The lowest BCUT2D eigenvalue weighted by molar-refractivity contribution is -0.148.